The molecule has 0 spiro atoms. The van der Waals surface area contributed by atoms with Crippen LogP contribution in [0.1, 0.15) is 37.1 Å². The summed E-state index contributed by atoms with van der Waals surface area (Å²) < 4.78 is 7.52. The Balaban J connectivity index is 1.52. The maximum absolute atomic E-state index is 11.6. The zero-order valence-electron chi connectivity index (χ0n) is 16.5. The summed E-state index contributed by atoms with van der Waals surface area (Å²) in [5, 5.41) is 17.0. The van der Waals surface area contributed by atoms with Crippen LogP contribution in [0, 0.1) is 5.92 Å². The van der Waals surface area contributed by atoms with Gasteiger partial charge in [-0.15, -0.1) is 5.10 Å². The van der Waals surface area contributed by atoms with Crippen LogP contribution < -0.4 is 4.90 Å². The molecule has 1 aliphatic rings. The number of hydrogen-bond donors (Lipinski definition) is 1. The molecule has 1 saturated heterocycles. The normalized spacial score (nSPS) is 16.4. The number of amides is 1. The Morgan fingerprint density at radius 2 is 2.11 bits per heavy atom. The highest BCUT2D eigenvalue weighted by Crippen LogP contribution is 2.29. The smallest absolute Gasteiger partial charge is 0.228 e. The zero-order valence-corrected chi connectivity index (χ0v) is 16.5. The number of benzene rings is 1. The number of β-lactam (4-membered cyclic amide) rings is 1. The van der Waals surface area contributed by atoms with Gasteiger partial charge in [0.1, 0.15) is 0 Å². The Kier molecular flexibility index (Phi) is 6.95. The first-order valence-electron chi connectivity index (χ1n) is 9.72. The predicted molar refractivity (Wildman–Crippen MR) is 107 cm³/mol. The van der Waals surface area contributed by atoms with Crippen molar-refractivity contribution in [1.29, 1.82) is 0 Å². The fourth-order valence-corrected chi connectivity index (χ4v) is 3.38. The van der Waals surface area contributed by atoms with E-state index in [-0.39, 0.29) is 24.5 Å². The lowest BCUT2D eigenvalue weighted by Crippen LogP contribution is -2.43. The summed E-state index contributed by atoms with van der Waals surface area (Å²) in [5.74, 6) is 0.394. The molecule has 2 atom stereocenters. The fraction of sp³-hybridized carbons (Fsp3) is 0.476. The third-order valence-electron chi connectivity index (χ3n) is 5.03. The van der Waals surface area contributed by atoms with Crippen LogP contribution in [-0.2, 0) is 22.5 Å². The van der Waals surface area contributed by atoms with Crippen LogP contribution in [0.15, 0.2) is 42.6 Å². The van der Waals surface area contributed by atoms with Crippen LogP contribution in [0.3, 0.4) is 0 Å². The first kappa shape index (κ1) is 20.2. The molecule has 150 valence electrons. The predicted octanol–water partition coefficient (Wildman–Crippen LogP) is 2.52. The van der Waals surface area contributed by atoms with Crippen molar-refractivity contribution in [3.8, 4) is 0 Å². The van der Waals surface area contributed by atoms with Gasteiger partial charge in [0.2, 0.25) is 5.91 Å². The summed E-state index contributed by atoms with van der Waals surface area (Å²) in [5.41, 5.74) is 2.86. The van der Waals surface area contributed by atoms with Crippen LogP contribution in [0.5, 0.6) is 0 Å². The second-order valence-corrected chi connectivity index (χ2v) is 7.07. The number of aromatic nitrogens is 3. The van der Waals surface area contributed by atoms with Crippen LogP contribution in [-0.4, -0.2) is 46.3 Å². The van der Waals surface area contributed by atoms with E-state index in [1.165, 1.54) is 0 Å². The number of allylic oxidation sites excluding steroid dienone is 1. The molecule has 28 heavy (non-hydrogen) atoms. The fourth-order valence-electron chi connectivity index (χ4n) is 3.38. The molecule has 0 unspecified atom stereocenters. The third kappa shape index (κ3) is 4.85. The highest BCUT2D eigenvalue weighted by Gasteiger charge is 2.25. The van der Waals surface area contributed by atoms with Crippen molar-refractivity contribution in [3.63, 3.8) is 0 Å². The van der Waals surface area contributed by atoms with Crippen LogP contribution in [0.25, 0.3) is 0 Å². The van der Waals surface area contributed by atoms with Gasteiger partial charge in [0.15, 0.2) is 0 Å². The molecule has 7 nitrogen and oxygen atoms in total. The van der Waals surface area contributed by atoms with Crippen LogP contribution in [0.4, 0.5) is 5.69 Å². The van der Waals surface area contributed by atoms with E-state index in [4.69, 9.17) is 9.84 Å². The Labute approximate surface area is 165 Å². The van der Waals surface area contributed by atoms with E-state index in [9.17, 15) is 4.79 Å². The molecule has 7 heteroatoms. The summed E-state index contributed by atoms with van der Waals surface area (Å²) in [6, 6.07) is 8.06. The topological polar surface area (TPSA) is 80.5 Å². The standard InChI is InChI=1S/C21H28N4O3/c1-16(5-3-4-12-24-15-18(11-14-26)22-23-24)21(28-2)17-6-8-19(9-7-17)25-13-10-20(25)27/h3,5-9,15-16,21,26H,4,10-14H2,1-2H3/b5-3+/t16-,21+/m1/s1. The molecular weight excluding hydrogens is 356 g/mol. The summed E-state index contributed by atoms with van der Waals surface area (Å²) >= 11 is 0. The summed E-state index contributed by atoms with van der Waals surface area (Å²) in [7, 11) is 1.72. The minimum absolute atomic E-state index is 0.0417. The number of carbonyl (C=O) groups excluding carboxylic acids is 1. The van der Waals surface area contributed by atoms with Gasteiger partial charge >= 0.3 is 0 Å². The quantitative estimate of drug-likeness (QED) is 0.503. The number of anilines is 1. The van der Waals surface area contributed by atoms with Crippen molar-refractivity contribution in [2.24, 2.45) is 5.92 Å². The van der Waals surface area contributed by atoms with Gasteiger partial charge in [-0.2, -0.15) is 0 Å². The lowest BCUT2D eigenvalue weighted by atomic mass is 9.96. The second kappa shape index (κ2) is 9.61. The average Bonchev–Trinajstić information content (AvgIpc) is 3.13. The van der Waals surface area contributed by atoms with Gasteiger partial charge in [-0.1, -0.05) is 36.4 Å². The highest BCUT2D eigenvalue weighted by atomic mass is 16.5. The molecule has 1 aromatic heterocycles. The molecule has 0 radical (unpaired) electrons. The number of rotatable bonds is 10. The zero-order chi connectivity index (χ0) is 19.9. The van der Waals surface area contributed by atoms with E-state index >= 15 is 0 Å². The lowest BCUT2D eigenvalue weighted by Gasteiger charge is -2.31. The van der Waals surface area contributed by atoms with Crippen LogP contribution in [0.2, 0.25) is 0 Å². The second-order valence-electron chi connectivity index (χ2n) is 7.07. The van der Waals surface area contributed by atoms with Crippen LogP contribution >= 0.6 is 0 Å². The van der Waals surface area contributed by atoms with Gasteiger partial charge in [-0.25, -0.2) is 0 Å². The van der Waals surface area contributed by atoms with Gasteiger partial charge in [0.25, 0.3) is 0 Å². The maximum Gasteiger partial charge on any atom is 0.228 e. The number of ether oxygens (including phenoxy) is 1. The summed E-state index contributed by atoms with van der Waals surface area (Å²) in [6.45, 7) is 3.77. The number of aliphatic hydroxyl groups excluding tert-OH is 1. The van der Waals surface area contributed by atoms with Gasteiger partial charge < -0.3 is 14.7 Å². The molecule has 2 heterocycles. The average molecular weight is 384 g/mol. The Hall–Kier alpha value is -2.51. The number of hydrogen-bond acceptors (Lipinski definition) is 5. The van der Waals surface area contributed by atoms with Gasteiger partial charge in [-0.05, 0) is 24.1 Å². The minimum Gasteiger partial charge on any atom is -0.396 e. The van der Waals surface area contributed by atoms with Crippen molar-refractivity contribution in [1.82, 2.24) is 15.0 Å². The number of aliphatic hydroxyl groups is 1. The molecule has 0 bridgehead atoms. The Morgan fingerprint density at radius 1 is 1.32 bits per heavy atom. The van der Waals surface area contributed by atoms with Gasteiger partial charge in [0, 0.05) is 57.4 Å². The van der Waals surface area contributed by atoms with Crippen molar-refractivity contribution >= 4 is 11.6 Å². The van der Waals surface area contributed by atoms with E-state index < -0.39 is 0 Å². The molecule has 0 saturated carbocycles. The Morgan fingerprint density at radius 3 is 2.71 bits per heavy atom. The van der Waals surface area contributed by atoms with E-state index in [0.717, 1.165) is 36.5 Å². The molecule has 1 fully saturated rings. The van der Waals surface area contributed by atoms with E-state index in [0.29, 0.717) is 12.8 Å². The summed E-state index contributed by atoms with van der Waals surface area (Å²) in [4.78, 5) is 13.4. The lowest BCUT2D eigenvalue weighted by molar-refractivity contribution is -0.122. The molecule has 1 aliphatic heterocycles. The van der Waals surface area contributed by atoms with Crippen molar-refractivity contribution in [2.45, 2.75) is 38.8 Å². The number of aryl methyl sites for hydroxylation is 1. The van der Waals surface area contributed by atoms with E-state index in [2.05, 4.69) is 29.4 Å². The molecule has 0 aliphatic carbocycles. The monoisotopic (exact) mass is 384 g/mol. The number of methoxy groups -OCH3 is 1. The minimum atomic E-state index is -0.0417. The van der Waals surface area contributed by atoms with E-state index in [1.807, 2.05) is 30.5 Å². The number of carbonyl (C=O) groups is 1. The highest BCUT2D eigenvalue weighted by molar-refractivity contribution is 5.99. The SMILES string of the molecule is CO[C@H](c1ccc(N2CCC2=O)cc1)[C@H](C)/C=C/CCn1cc(CCO)nn1. The van der Waals surface area contributed by atoms with Gasteiger partial charge in [-0.3, -0.25) is 9.48 Å². The first-order valence-corrected chi connectivity index (χ1v) is 9.72. The molecule has 2 aromatic rings. The molecular formula is C21H28N4O3. The van der Waals surface area contributed by atoms with Crippen molar-refractivity contribution in [2.75, 3.05) is 25.2 Å². The molecule has 1 N–H and O–H groups in total. The Bertz CT molecular complexity index is 800. The summed E-state index contributed by atoms with van der Waals surface area (Å²) in [6.07, 6.45) is 8.15. The number of nitrogens with zero attached hydrogens (tertiary/aromatic N) is 4. The van der Waals surface area contributed by atoms with Crippen molar-refractivity contribution < 1.29 is 14.6 Å². The molecule has 3 rings (SSSR count). The van der Waals surface area contributed by atoms with Gasteiger partial charge in [0.05, 0.1) is 11.8 Å². The van der Waals surface area contributed by atoms with E-state index in [1.54, 1.807) is 16.7 Å². The molecule has 1 aromatic carbocycles. The third-order valence-corrected chi connectivity index (χ3v) is 5.03. The largest absolute Gasteiger partial charge is 0.396 e. The van der Waals surface area contributed by atoms with Crippen molar-refractivity contribution in [3.05, 3.63) is 53.9 Å². The maximum atomic E-state index is 11.6. The first-order chi connectivity index (χ1) is 13.6. The molecule has 1 amide bonds.